The fourth-order valence-corrected chi connectivity index (χ4v) is 3.75. The van der Waals surface area contributed by atoms with Gasteiger partial charge in [-0.2, -0.15) is 0 Å². The van der Waals surface area contributed by atoms with Crippen molar-refractivity contribution in [3.63, 3.8) is 0 Å². The van der Waals surface area contributed by atoms with Gasteiger partial charge in [-0.3, -0.25) is 0 Å². The molecule has 0 N–H and O–H groups in total. The van der Waals surface area contributed by atoms with Gasteiger partial charge in [0, 0.05) is 26.2 Å². The second-order valence-electron chi connectivity index (χ2n) is 5.62. The minimum atomic E-state index is -0.296. The van der Waals surface area contributed by atoms with Crippen molar-refractivity contribution in [2.45, 2.75) is 13.3 Å². The van der Waals surface area contributed by atoms with Crippen LogP contribution in [0.1, 0.15) is 12.6 Å². The van der Waals surface area contributed by atoms with Crippen LogP contribution in [0.4, 0.5) is 16.0 Å². The highest BCUT2D eigenvalue weighted by Crippen LogP contribution is 2.28. The van der Waals surface area contributed by atoms with Crippen LogP contribution in [0, 0.1) is 5.82 Å². The van der Waals surface area contributed by atoms with Gasteiger partial charge in [-0.25, -0.2) is 24.3 Å². The maximum atomic E-state index is 14.4. The fourth-order valence-electron chi connectivity index (χ4n) is 3.02. The normalized spacial score (nSPS) is 15.2. The number of thiophene rings is 1. The van der Waals surface area contributed by atoms with Crippen molar-refractivity contribution in [3.05, 3.63) is 35.6 Å². The van der Waals surface area contributed by atoms with Crippen molar-refractivity contribution in [1.29, 1.82) is 0 Å². The van der Waals surface area contributed by atoms with Crippen LogP contribution < -0.4 is 9.80 Å². The van der Waals surface area contributed by atoms with Crippen molar-refractivity contribution in [2.24, 2.45) is 0 Å². The first-order valence-corrected chi connectivity index (χ1v) is 8.83. The molecule has 3 aromatic rings. The predicted octanol–water partition coefficient (Wildman–Crippen LogP) is 2.51. The van der Waals surface area contributed by atoms with Crippen molar-refractivity contribution in [3.8, 4) is 0 Å². The number of hydrogen-bond donors (Lipinski definition) is 0. The summed E-state index contributed by atoms with van der Waals surface area (Å²) in [6.45, 7) is 4.84. The summed E-state index contributed by atoms with van der Waals surface area (Å²) in [6.07, 6.45) is 3.62. The lowest BCUT2D eigenvalue weighted by atomic mass is 10.2. The van der Waals surface area contributed by atoms with Crippen molar-refractivity contribution in [2.75, 3.05) is 36.0 Å². The van der Waals surface area contributed by atoms with Crippen LogP contribution in [0.5, 0.6) is 0 Å². The zero-order chi connectivity index (χ0) is 16.5. The molecule has 0 atom stereocenters. The molecule has 4 rings (SSSR count). The third-order valence-electron chi connectivity index (χ3n) is 4.30. The number of rotatable bonds is 3. The summed E-state index contributed by atoms with van der Waals surface area (Å²) in [6, 6.07) is 2.05. The summed E-state index contributed by atoms with van der Waals surface area (Å²) >= 11 is 1.61. The molecule has 0 aliphatic carbocycles. The van der Waals surface area contributed by atoms with E-state index in [1.807, 2.05) is 17.2 Å². The van der Waals surface area contributed by atoms with Gasteiger partial charge in [0.15, 0.2) is 11.6 Å². The molecule has 0 saturated carbocycles. The van der Waals surface area contributed by atoms with Crippen LogP contribution in [-0.4, -0.2) is 46.1 Å². The number of nitrogens with zero attached hydrogens (tertiary/aromatic N) is 6. The Hall–Kier alpha value is -2.35. The number of anilines is 2. The third kappa shape index (κ3) is 2.56. The molecule has 4 heterocycles. The van der Waals surface area contributed by atoms with Crippen LogP contribution in [0.3, 0.4) is 0 Å². The molecule has 8 heteroatoms. The van der Waals surface area contributed by atoms with Crippen LogP contribution in [0.15, 0.2) is 24.1 Å². The summed E-state index contributed by atoms with van der Waals surface area (Å²) in [4.78, 5) is 22.1. The molecule has 0 spiro atoms. The van der Waals surface area contributed by atoms with Crippen molar-refractivity contribution >= 4 is 33.2 Å². The highest BCUT2D eigenvalue weighted by molar-refractivity contribution is 7.16. The Labute approximate surface area is 143 Å². The quantitative estimate of drug-likeness (QED) is 0.728. The third-order valence-corrected chi connectivity index (χ3v) is 5.12. The number of fused-ring (bicyclic) bond motifs is 1. The molecule has 0 radical (unpaired) electrons. The molecule has 3 aromatic heterocycles. The minimum Gasteiger partial charge on any atom is -0.352 e. The Morgan fingerprint density at radius 1 is 1.00 bits per heavy atom. The minimum absolute atomic E-state index is 0.296. The van der Waals surface area contributed by atoms with Crippen molar-refractivity contribution in [1.82, 2.24) is 19.9 Å². The molecule has 24 heavy (non-hydrogen) atoms. The van der Waals surface area contributed by atoms with Crippen LogP contribution in [0.25, 0.3) is 10.2 Å². The van der Waals surface area contributed by atoms with E-state index in [9.17, 15) is 4.39 Å². The predicted molar refractivity (Wildman–Crippen MR) is 93.2 cm³/mol. The highest BCUT2D eigenvalue weighted by Gasteiger charge is 2.24. The zero-order valence-electron chi connectivity index (χ0n) is 13.3. The van der Waals surface area contributed by atoms with E-state index in [0.29, 0.717) is 31.0 Å². The smallest absolute Gasteiger partial charge is 0.187 e. The second kappa shape index (κ2) is 6.27. The van der Waals surface area contributed by atoms with Gasteiger partial charge in [-0.05, 0) is 17.9 Å². The molecule has 1 saturated heterocycles. The molecular formula is C16H17FN6S. The average molecular weight is 344 g/mol. The van der Waals surface area contributed by atoms with Gasteiger partial charge in [-0.15, -0.1) is 11.3 Å². The SMILES string of the molecule is CCc1ncnc(N2CCN(c3ncnc4sccc34)CC2)c1F. The van der Waals surface area contributed by atoms with Crippen LogP contribution in [-0.2, 0) is 6.42 Å². The molecular weight excluding hydrogens is 327 g/mol. The molecule has 1 aliphatic heterocycles. The topological polar surface area (TPSA) is 58.0 Å². The number of halogens is 1. The highest BCUT2D eigenvalue weighted by atomic mass is 32.1. The van der Waals surface area contributed by atoms with E-state index in [0.717, 1.165) is 29.1 Å². The summed E-state index contributed by atoms with van der Waals surface area (Å²) in [5.74, 6) is 1.07. The van der Waals surface area contributed by atoms with E-state index in [-0.39, 0.29) is 5.82 Å². The van der Waals surface area contributed by atoms with Gasteiger partial charge in [0.05, 0.1) is 11.1 Å². The molecule has 124 valence electrons. The van der Waals surface area contributed by atoms with E-state index < -0.39 is 0 Å². The molecule has 6 nitrogen and oxygen atoms in total. The first kappa shape index (κ1) is 15.2. The van der Waals surface area contributed by atoms with Gasteiger partial charge >= 0.3 is 0 Å². The molecule has 0 unspecified atom stereocenters. The zero-order valence-corrected chi connectivity index (χ0v) is 14.1. The van der Waals surface area contributed by atoms with E-state index >= 15 is 0 Å². The summed E-state index contributed by atoms with van der Waals surface area (Å²) in [5.41, 5.74) is 0.471. The standard InChI is InChI=1S/C16H17FN6S/c1-2-12-13(17)15(20-9-18-12)23-6-4-22(5-7-23)14-11-3-8-24-16(11)21-10-19-14/h3,8-10H,2,4-7H2,1H3. The molecule has 0 aromatic carbocycles. The number of aryl methyl sites for hydroxylation is 1. The largest absolute Gasteiger partial charge is 0.352 e. The molecule has 1 fully saturated rings. The Bertz CT molecular complexity index is 859. The first-order chi connectivity index (χ1) is 11.8. The Morgan fingerprint density at radius 3 is 2.42 bits per heavy atom. The van der Waals surface area contributed by atoms with Crippen LogP contribution >= 0.6 is 11.3 Å². The monoisotopic (exact) mass is 344 g/mol. The molecule has 1 aliphatic rings. The first-order valence-electron chi connectivity index (χ1n) is 7.95. The maximum Gasteiger partial charge on any atom is 0.187 e. The number of aromatic nitrogens is 4. The van der Waals surface area contributed by atoms with E-state index in [1.165, 1.54) is 6.33 Å². The summed E-state index contributed by atoms with van der Waals surface area (Å²) in [7, 11) is 0. The van der Waals surface area contributed by atoms with Gasteiger partial charge in [0.2, 0.25) is 0 Å². The van der Waals surface area contributed by atoms with E-state index in [1.54, 1.807) is 17.7 Å². The Balaban J connectivity index is 1.54. The Morgan fingerprint density at radius 2 is 1.67 bits per heavy atom. The van der Waals surface area contributed by atoms with Crippen molar-refractivity contribution < 1.29 is 4.39 Å². The average Bonchev–Trinajstić information content (AvgIpc) is 3.11. The molecule has 0 amide bonds. The van der Waals surface area contributed by atoms with E-state index in [2.05, 4.69) is 30.9 Å². The lowest BCUT2D eigenvalue weighted by Crippen LogP contribution is -2.47. The van der Waals surface area contributed by atoms with Gasteiger partial charge < -0.3 is 9.80 Å². The molecule has 0 bridgehead atoms. The van der Waals surface area contributed by atoms with Gasteiger partial charge in [0.1, 0.15) is 23.3 Å². The van der Waals surface area contributed by atoms with E-state index in [4.69, 9.17) is 0 Å². The number of hydrogen-bond acceptors (Lipinski definition) is 7. The maximum absolute atomic E-state index is 14.4. The Kier molecular flexibility index (Phi) is 3.97. The van der Waals surface area contributed by atoms with Gasteiger partial charge in [-0.1, -0.05) is 6.92 Å². The lowest BCUT2D eigenvalue weighted by Gasteiger charge is -2.36. The summed E-state index contributed by atoms with van der Waals surface area (Å²) < 4.78 is 14.4. The fraction of sp³-hybridized carbons (Fsp3) is 0.375. The second-order valence-corrected chi connectivity index (χ2v) is 6.52. The van der Waals surface area contributed by atoms with Gasteiger partial charge in [0.25, 0.3) is 0 Å². The van der Waals surface area contributed by atoms with Crippen LogP contribution in [0.2, 0.25) is 0 Å². The lowest BCUT2D eigenvalue weighted by molar-refractivity contribution is 0.568. The summed E-state index contributed by atoms with van der Waals surface area (Å²) in [5, 5.41) is 3.11. The number of piperazine rings is 1.